The molecule has 0 saturated carbocycles. The Kier molecular flexibility index (Phi) is 9.87. The van der Waals surface area contributed by atoms with Gasteiger partial charge in [0.1, 0.15) is 23.7 Å². The van der Waals surface area contributed by atoms with Crippen LogP contribution in [0.5, 0.6) is 11.5 Å². The van der Waals surface area contributed by atoms with Crippen LogP contribution in [0.1, 0.15) is 37.7 Å². The maximum absolute atomic E-state index is 12.1. The lowest BCUT2D eigenvalue weighted by molar-refractivity contribution is -0.130. The van der Waals surface area contributed by atoms with E-state index in [1.54, 1.807) is 24.3 Å². The second-order valence-corrected chi connectivity index (χ2v) is 10.2. The Bertz CT molecular complexity index is 973. The van der Waals surface area contributed by atoms with Crippen LogP contribution in [0.4, 0.5) is 0 Å². The maximum atomic E-state index is 12.1. The van der Waals surface area contributed by atoms with Crippen LogP contribution in [0.25, 0.3) is 0 Å². The highest BCUT2D eigenvalue weighted by atomic mass is 35.5. The molecule has 196 valence electrons. The molecule has 7 nitrogen and oxygen atoms in total. The molecule has 0 aromatic heterocycles. The SMILES string of the molecule is O=C1CCCCCN1CCCOc1cccc(CN2CCOCC(O)(COc3ccc(Cl)cc3)C2)c1. The second kappa shape index (κ2) is 13.3. The predicted octanol–water partition coefficient (Wildman–Crippen LogP) is 4.15. The summed E-state index contributed by atoms with van der Waals surface area (Å²) in [5.41, 5.74) is -0.00674. The molecule has 2 aromatic rings. The van der Waals surface area contributed by atoms with Crippen LogP contribution in [0.15, 0.2) is 48.5 Å². The largest absolute Gasteiger partial charge is 0.494 e. The first-order valence-corrected chi connectivity index (χ1v) is 13.3. The lowest BCUT2D eigenvalue weighted by atomic mass is 10.1. The number of ether oxygens (including phenoxy) is 3. The average Bonchev–Trinajstić information content (AvgIpc) is 3.19. The van der Waals surface area contributed by atoms with Crippen molar-refractivity contribution < 1.29 is 24.1 Å². The second-order valence-electron chi connectivity index (χ2n) is 9.77. The molecule has 0 bridgehead atoms. The van der Waals surface area contributed by atoms with E-state index in [0.717, 1.165) is 56.6 Å². The number of hydrogen-bond acceptors (Lipinski definition) is 6. The fourth-order valence-corrected chi connectivity index (χ4v) is 4.81. The van der Waals surface area contributed by atoms with E-state index in [2.05, 4.69) is 11.0 Å². The number of carbonyl (C=O) groups excluding carboxylic acids is 1. The van der Waals surface area contributed by atoms with Gasteiger partial charge in [0, 0.05) is 44.2 Å². The lowest BCUT2D eigenvalue weighted by Crippen LogP contribution is -2.48. The number of nitrogens with zero attached hydrogens (tertiary/aromatic N) is 2. The zero-order valence-corrected chi connectivity index (χ0v) is 21.6. The minimum absolute atomic E-state index is 0.133. The summed E-state index contributed by atoms with van der Waals surface area (Å²) in [5, 5.41) is 11.8. The average molecular weight is 517 g/mol. The van der Waals surface area contributed by atoms with Gasteiger partial charge in [0.05, 0.1) is 19.8 Å². The zero-order chi connectivity index (χ0) is 25.2. The molecule has 1 atom stereocenters. The van der Waals surface area contributed by atoms with Crippen molar-refractivity contribution in [2.75, 3.05) is 52.6 Å². The summed E-state index contributed by atoms with van der Waals surface area (Å²) in [5.74, 6) is 1.75. The van der Waals surface area contributed by atoms with Crippen LogP contribution in [-0.2, 0) is 16.1 Å². The van der Waals surface area contributed by atoms with Crippen molar-refractivity contribution in [1.82, 2.24) is 9.80 Å². The molecule has 2 heterocycles. The predicted molar refractivity (Wildman–Crippen MR) is 140 cm³/mol. The van der Waals surface area contributed by atoms with Gasteiger partial charge in [0.15, 0.2) is 0 Å². The molecule has 0 radical (unpaired) electrons. The topological polar surface area (TPSA) is 71.5 Å². The minimum Gasteiger partial charge on any atom is -0.494 e. The number of aliphatic hydroxyl groups is 1. The first-order valence-electron chi connectivity index (χ1n) is 12.9. The van der Waals surface area contributed by atoms with Crippen molar-refractivity contribution in [1.29, 1.82) is 0 Å². The van der Waals surface area contributed by atoms with Gasteiger partial charge in [-0.3, -0.25) is 9.69 Å². The standard InChI is InChI=1S/C28H37ClN2O5/c29-24-9-11-25(12-10-24)36-22-28(33)20-30(15-17-34-21-28)19-23-6-4-7-26(18-23)35-16-5-14-31-13-3-1-2-8-27(31)32/h4,6-7,9-12,18,33H,1-3,5,8,13-17,19-22H2. The van der Waals surface area contributed by atoms with Gasteiger partial charge in [0.25, 0.3) is 0 Å². The molecule has 2 saturated heterocycles. The summed E-state index contributed by atoms with van der Waals surface area (Å²) >= 11 is 5.94. The summed E-state index contributed by atoms with van der Waals surface area (Å²) in [6, 6.07) is 15.2. The molecule has 2 aliphatic heterocycles. The molecule has 2 fully saturated rings. The Morgan fingerprint density at radius 1 is 1.03 bits per heavy atom. The summed E-state index contributed by atoms with van der Waals surface area (Å²) in [6.45, 7) is 4.93. The van der Waals surface area contributed by atoms with E-state index in [1.807, 2.05) is 23.1 Å². The van der Waals surface area contributed by atoms with Gasteiger partial charge in [-0.05, 0) is 61.2 Å². The molecule has 1 unspecified atom stereocenters. The van der Waals surface area contributed by atoms with E-state index in [9.17, 15) is 9.90 Å². The Hall–Kier alpha value is -2.32. The molecule has 1 N–H and O–H groups in total. The van der Waals surface area contributed by atoms with Crippen molar-refractivity contribution in [3.05, 3.63) is 59.1 Å². The molecule has 4 rings (SSSR count). The van der Waals surface area contributed by atoms with Gasteiger partial charge in [-0.25, -0.2) is 0 Å². The van der Waals surface area contributed by atoms with E-state index >= 15 is 0 Å². The van der Waals surface area contributed by atoms with Crippen LogP contribution >= 0.6 is 11.6 Å². The van der Waals surface area contributed by atoms with E-state index < -0.39 is 5.60 Å². The molecule has 0 spiro atoms. The molecular weight excluding hydrogens is 480 g/mol. The first kappa shape index (κ1) is 26.7. The highest BCUT2D eigenvalue weighted by molar-refractivity contribution is 6.30. The van der Waals surface area contributed by atoms with E-state index in [-0.39, 0.29) is 19.1 Å². The lowest BCUT2D eigenvalue weighted by Gasteiger charge is -2.30. The van der Waals surface area contributed by atoms with Gasteiger partial charge in [-0.2, -0.15) is 0 Å². The fraction of sp³-hybridized carbons (Fsp3) is 0.536. The van der Waals surface area contributed by atoms with Gasteiger partial charge < -0.3 is 24.2 Å². The third-order valence-electron chi connectivity index (χ3n) is 6.58. The Morgan fingerprint density at radius 3 is 2.75 bits per heavy atom. The number of amides is 1. The van der Waals surface area contributed by atoms with E-state index in [1.165, 1.54) is 0 Å². The van der Waals surface area contributed by atoms with Gasteiger partial charge in [-0.1, -0.05) is 30.2 Å². The number of rotatable bonds is 10. The van der Waals surface area contributed by atoms with Crippen molar-refractivity contribution in [2.45, 2.75) is 44.2 Å². The third-order valence-corrected chi connectivity index (χ3v) is 6.83. The molecule has 2 aromatic carbocycles. The smallest absolute Gasteiger partial charge is 0.222 e. The van der Waals surface area contributed by atoms with Crippen molar-refractivity contribution in [2.24, 2.45) is 0 Å². The number of benzene rings is 2. The third kappa shape index (κ3) is 8.37. The van der Waals surface area contributed by atoms with Crippen LogP contribution in [0.2, 0.25) is 5.02 Å². The summed E-state index contributed by atoms with van der Waals surface area (Å²) < 4.78 is 17.5. The van der Waals surface area contributed by atoms with Crippen LogP contribution in [0, 0.1) is 0 Å². The molecular formula is C28H37ClN2O5. The summed E-state index contributed by atoms with van der Waals surface area (Å²) in [4.78, 5) is 16.3. The molecule has 0 aliphatic carbocycles. The van der Waals surface area contributed by atoms with Gasteiger partial charge in [0.2, 0.25) is 5.91 Å². The fourth-order valence-electron chi connectivity index (χ4n) is 4.68. The number of halogens is 1. The van der Waals surface area contributed by atoms with E-state index in [0.29, 0.717) is 43.5 Å². The summed E-state index contributed by atoms with van der Waals surface area (Å²) in [7, 11) is 0. The molecule has 8 heteroatoms. The van der Waals surface area contributed by atoms with Gasteiger partial charge in [-0.15, -0.1) is 0 Å². The highest BCUT2D eigenvalue weighted by Gasteiger charge is 2.33. The van der Waals surface area contributed by atoms with Crippen molar-refractivity contribution in [3.63, 3.8) is 0 Å². The zero-order valence-electron chi connectivity index (χ0n) is 20.9. The molecule has 36 heavy (non-hydrogen) atoms. The number of likely N-dealkylation sites (tertiary alicyclic amines) is 1. The van der Waals surface area contributed by atoms with Crippen LogP contribution in [-0.4, -0.2) is 79.0 Å². The summed E-state index contributed by atoms with van der Waals surface area (Å²) in [6.07, 6.45) is 4.74. The Labute approximate surface area is 218 Å². The minimum atomic E-state index is -1.12. The first-order chi connectivity index (χ1) is 17.5. The quantitative estimate of drug-likeness (QED) is 0.478. The monoisotopic (exact) mass is 516 g/mol. The normalized spacial score (nSPS) is 21.6. The van der Waals surface area contributed by atoms with E-state index in [4.69, 9.17) is 25.8 Å². The van der Waals surface area contributed by atoms with Crippen LogP contribution in [0.3, 0.4) is 0 Å². The Morgan fingerprint density at radius 2 is 1.89 bits per heavy atom. The Balaban J connectivity index is 1.25. The number of β-amino-alcohol motifs (C(OH)–C–C–N with tert-alkyl or cyclic N) is 1. The maximum Gasteiger partial charge on any atom is 0.222 e. The van der Waals surface area contributed by atoms with Crippen molar-refractivity contribution >= 4 is 17.5 Å². The number of hydrogen-bond donors (Lipinski definition) is 1. The van der Waals surface area contributed by atoms with Crippen LogP contribution < -0.4 is 9.47 Å². The van der Waals surface area contributed by atoms with Crippen molar-refractivity contribution in [3.8, 4) is 11.5 Å². The molecule has 2 aliphatic rings. The highest BCUT2D eigenvalue weighted by Crippen LogP contribution is 2.21. The van der Waals surface area contributed by atoms with Gasteiger partial charge >= 0.3 is 0 Å². The number of carbonyl (C=O) groups is 1. The molecule has 1 amide bonds.